The van der Waals surface area contributed by atoms with E-state index in [-0.39, 0.29) is 0 Å². The predicted octanol–water partition coefficient (Wildman–Crippen LogP) is 4.77. The van der Waals surface area contributed by atoms with Gasteiger partial charge in [0.25, 0.3) is 0 Å². The van der Waals surface area contributed by atoms with Crippen LogP contribution < -0.4 is 0 Å². The lowest BCUT2D eigenvalue weighted by molar-refractivity contribution is 0.469. The highest BCUT2D eigenvalue weighted by Gasteiger charge is 2.05. The molecule has 4 heteroatoms. The van der Waals surface area contributed by atoms with E-state index in [2.05, 4.69) is 23.8 Å². The fourth-order valence-electron chi connectivity index (χ4n) is 2.95. The Bertz CT molecular complexity index is 769. The van der Waals surface area contributed by atoms with E-state index >= 15 is 0 Å². The Balaban J connectivity index is 1.89. The molecule has 2 aromatic rings. The number of aliphatic imine (C=N–C) groups is 2. The third-order valence-corrected chi connectivity index (χ3v) is 4.63. The first kappa shape index (κ1) is 20.7. The lowest BCUT2D eigenvalue weighted by atomic mass is 10.0. The first-order chi connectivity index (χ1) is 13.0. The summed E-state index contributed by atoms with van der Waals surface area (Å²) in [6.07, 6.45) is 6.16. The van der Waals surface area contributed by atoms with Gasteiger partial charge in [-0.25, -0.2) is 0 Å². The summed E-state index contributed by atoms with van der Waals surface area (Å²) in [5, 5.41) is 20.3. The van der Waals surface area contributed by atoms with Crippen LogP contribution >= 0.6 is 0 Å². The van der Waals surface area contributed by atoms with E-state index in [9.17, 15) is 10.2 Å². The fourth-order valence-corrected chi connectivity index (χ4v) is 2.95. The van der Waals surface area contributed by atoms with Gasteiger partial charge in [-0.05, 0) is 67.5 Å². The Hall–Kier alpha value is -2.62. The molecular formula is C23H30N2O2. The van der Waals surface area contributed by atoms with Gasteiger partial charge in [0.15, 0.2) is 0 Å². The first-order valence-corrected chi connectivity index (χ1v) is 9.60. The van der Waals surface area contributed by atoms with Crippen molar-refractivity contribution >= 4 is 12.4 Å². The molecule has 0 heterocycles. The number of hydrogen-bond donors (Lipinski definition) is 2. The van der Waals surface area contributed by atoms with E-state index in [0.29, 0.717) is 24.6 Å². The van der Waals surface area contributed by atoms with Gasteiger partial charge < -0.3 is 10.2 Å². The molecule has 0 atom stereocenters. The number of benzene rings is 2. The molecule has 0 aliphatic heterocycles. The van der Waals surface area contributed by atoms with Crippen LogP contribution in [0.4, 0.5) is 0 Å². The van der Waals surface area contributed by atoms with E-state index < -0.39 is 0 Å². The lowest BCUT2D eigenvalue weighted by Crippen LogP contribution is -1.94. The van der Waals surface area contributed by atoms with E-state index in [0.717, 1.165) is 41.5 Å². The molecule has 0 amide bonds. The van der Waals surface area contributed by atoms with Crippen molar-refractivity contribution in [1.29, 1.82) is 0 Å². The van der Waals surface area contributed by atoms with Crippen molar-refractivity contribution in [3.8, 4) is 11.5 Å². The van der Waals surface area contributed by atoms with Crippen LogP contribution in [0.25, 0.3) is 0 Å². The molecule has 0 bridgehead atoms. The van der Waals surface area contributed by atoms with Crippen LogP contribution in [0.1, 0.15) is 53.6 Å². The minimum absolute atomic E-state index is 0.302. The normalized spacial score (nSPS) is 11.7. The van der Waals surface area contributed by atoms with Gasteiger partial charge in [0.1, 0.15) is 11.5 Å². The second-order valence-electron chi connectivity index (χ2n) is 6.83. The molecule has 0 aliphatic rings. The maximum absolute atomic E-state index is 10.1. The SMILES string of the molecule is CCc1cc(C)c(O)c(C=NCCCN=Cc2cc(CC)cc(C)c2O)c1. The van der Waals surface area contributed by atoms with Crippen LogP contribution in [0.5, 0.6) is 11.5 Å². The first-order valence-electron chi connectivity index (χ1n) is 9.60. The predicted molar refractivity (Wildman–Crippen MR) is 114 cm³/mol. The molecule has 0 fully saturated rings. The molecular weight excluding hydrogens is 336 g/mol. The number of nitrogens with zero attached hydrogens (tertiary/aromatic N) is 2. The average molecular weight is 367 g/mol. The van der Waals surface area contributed by atoms with Crippen LogP contribution in [0.3, 0.4) is 0 Å². The van der Waals surface area contributed by atoms with Gasteiger partial charge in [-0.1, -0.05) is 26.0 Å². The van der Waals surface area contributed by atoms with Gasteiger partial charge in [0, 0.05) is 36.6 Å². The summed E-state index contributed by atoms with van der Waals surface area (Å²) in [5.74, 6) is 0.603. The topological polar surface area (TPSA) is 65.2 Å². The van der Waals surface area contributed by atoms with Gasteiger partial charge in [-0.15, -0.1) is 0 Å². The second-order valence-corrected chi connectivity index (χ2v) is 6.83. The monoisotopic (exact) mass is 366 g/mol. The number of hydrogen-bond acceptors (Lipinski definition) is 4. The van der Waals surface area contributed by atoms with Gasteiger partial charge in [-0.3, -0.25) is 9.98 Å². The zero-order valence-corrected chi connectivity index (χ0v) is 16.8. The molecule has 2 aromatic carbocycles. The molecule has 144 valence electrons. The minimum Gasteiger partial charge on any atom is -0.507 e. The molecule has 0 unspecified atom stereocenters. The zero-order chi connectivity index (χ0) is 19.8. The number of rotatable bonds is 8. The van der Waals surface area contributed by atoms with Crippen molar-refractivity contribution in [3.05, 3.63) is 57.6 Å². The highest BCUT2D eigenvalue weighted by Crippen LogP contribution is 2.23. The maximum Gasteiger partial charge on any atom is 0.127 e. The van der Waals surface area contributed by atoms with Gasteiger partial charge >= 0.3 is 0 Å². The summed E-state index contributed by atoms with van der Waals surface area (Å²) < 4.78 is 0. The molecule has 0 spiro atoms. The molecule has 0 aliphatic carbocycles. The van der Waals surface area contributed by atoms with Crippen LogP contribution in [-0.2, 0) is 12.8 Å². The van der Waals surface area contributed by atoms with Crippen molar-refractivity contribution in [2.75, 3.05) is 13.1 Å². The molecule has 4 nitrogen and oxygen atoms in total. The standard InChI is InChI=1S/C23H30N2O2/c1-5-18-10-16(3)22(26)20(12-18)14-24-8-7-9-25-15-21-13-19(6-2)11-17(4)23(21)27/h10-15,26-27H,5-9H2,1-4H3. The summed E-state index contributed by atoms with van der Waals surface area (Å²) >= 11 is 0. The third kappa shape index (κ3) is 5.68. The van der Waals surface area contributed by atoms with Gasteiger partial charge in [0.2, 0.25) is 0 Å². The van der Waals surface area contributed by atoms with Crippen molar-refractivity contribution < 1.29 is 10.2 Å². The molecule has 0 saturated carbocycles. The van der Waals surface area contributed by atoms with Crippen molar-refractivity contribution in [3.63, 3.8) is 0 Å². The smallest absolute Gasteiger partial charge is 0.127 e. The number of aromatic hydroxyl groups is 2. The van der Waals surface area contributed by atoms with Crippen LogP contribution in [-0.4, -0.2) is 35.7 Å². The van der Waals surface area contributed by atoms with E-state index in [4.69, 9.17) is 0 Å². The Kier molecular flexibility index (Phi) is 7.59. The summed E-state index contributed by atoms with van der Waals surface area (Å²) in [6.45, 7) is 9.30. The molecule has 0 saturated heterocycles. The van der Waals surface area contributed by atoms with Crippen LogP contribution in [0, 0.1) is 13.8 Å². The van der Waals surface area contributed by atoms with Crippen molar-refractivity contribution in [2.24, 2.45) is 9.98 Å². The summed E-state index contributed by atoms with van der Waals surface area (Å²) in [6, 6.07) is 7.98. The fraction of sp³-hybridized carbons (Fsp3) is 0.391. The lowest BCUT2D eigenvalue weighted by Gasteiger charge is -2.06. The molecule has 27 heavy (non-hydrogen) atoms. The van der Waals surface area contributed by atoms with Crippen molar-refractivity contribution in [1.82, 2.24) is 0 Å². The molecule has 2 N–H and O–H groups in total. The van der Waals surface area contributed by atoms with Gasteiger partial charge in [0.05, 0.1) is 0 Å². The zero-order valence-electron chi connectivity index (χ0n) is 16.8. The summed E-state index contributed by atoms with van der Waals surface area (Å²) in [7, 11) is 0. The second kappa shape index (κ2) is 9.91. The van der Waals surface area contributed by atoms with Crippen LogP contribution in [0.15, 0.2) is 34.3 Å². The van der Waals surface area contributed by atoms with Crippen molar-refractivity contribution in [2.45, 2.75) is 47.0 Å². The molecule has 0 radical (unpaired) electrons. The highest BCUT2D eigenvalue weighted by atomic mass is 16.3. The Labute approximate surface area is 162 Å². The summed E-state index contributed by atoms with van der Waals surface area (Å²) in [4.78, 5) is 8.83. The third-order valence-electron chi connectivity index (χ3n) is 4.63. The van der Waals surface area contributed by atoms with Gasteiger partial charge in [-0.2, -0.15) is 0 Å². The average Bonchev–Trinajstić information content (AvgIpc) is 2.66. The Morgan fingerprint density at radius 1 is 0.741 bits per heavy atom. The summed E-state index contributed by atoms with van der Waals surface area (Å²) in [5.41, 5.74) is 5.69. The largest absolute Gasteiger partial charge is 0.507 e. The van der Waals surface area contributed by atoms with E-state index in [1.54, 1.807) is 12.4 Å². The molecule has 2 rings (SSSR count). The highest BCUT2D eigenvalue weighted by molar-refractivity contribution is 5.85. The van der Waals surface area contributed by atoms with E-state index in [1.807, 2.05) is 38.1 Å². The van der Waals surface area contributed by atoms with E-state index in [1.165, 1.54) is 11.1 Å². The molecule has 0 aromatic heterocycles. The number of phenolic OH excluding ortho intramolecular Hbond substituents is 2. The minimum atomic E-state index is 0.302. The number of aryl methyl sites for hydroxylation is 4. The Morgan fingerprint density at radius 2 is 1.15 bits per heavy atom. The Morgan fingerprint density at radius 3 is 1.52 bits per heavy atom. The van der Waals surface area contributed by atoms with Crippen LogP contribution in [0.2, 0.25) is 0 Å². The maximum atomic E-state index is 10.1. The number of phenols is 2. The quantitative estimate of drug-likeness (QED) is 0.522.